The zero-order chi connectivity index (χ0) is 15.6. The van der Waals surface area contributed by atoms with Crippen molar-refractivity contribution in [2.24, 2.45) is 5.10 Å². The smallest absolute Gasteiger partial charge is 0.273 e. The molecule has 2 atom stereocenters. The van der Waals surface area contributed by atoms with Crippen LogP contribution in [0.5, 0.6) is 0 Å². The molecule has 0 saturated carbocycles. The summed E-state index contributed by atoms with van der Waals surface area (Å²) in [6.45, 7) is 2.62. The highest BCUT2D eigenvalue weighted by Gasteiger charge is 2.41. The zero-order valence-corrected chi connectivity index (χ0v) is 12.4. The van der Waals surface area contributed by atoms with Crippen molar-refractivity contribution in [2.75, 3.05) is 0 Å². The average Bonchev–Trinajstić information content (AvgIpc) is 2.91. The summed E-state index contributed by atoms with van der Waals surface area (Å²) in [5.41, 5.74) is 0.749. The van der Waals surface area contributed by atoms with Crippen molar-refractivity contribution >= 4 is 28.5 Å². The summed E-state index contributed by atoms with van der Waals surface area (Å²) in [5.74, 6) is -1.32. The fraction of sp³-hybridized carbons (Fsp3) is 0.286. The molecule has 2 rings (SSSR count). The number of aliphatic hydroxyl groups is 2. The van der Waals surface area contributed by atoms with E-state index in [1.54, 1.807) is 12.1 Å². The van der Waals surface area contributed by atoms with Crippen molar-refractivity contribution in [3.8, 4) is 0 Å². The van der Waals surface area contributed by atoms with Crippen LogP contribution in [0.3, 0.4) is 0 Å². The van der Waals surface area contributed by atoms with E-state index in [1.165, 1.54) is 13.8 Å². The molecule has 21 heavy (non-hydrogen) atoms. The molecule has 0 saturated heterocycles. The maximum atomic E-state index is 12.0. The number of hydrogen-bond acceptors (Lipinski definition) is 6. The number of Topliss-reactive ketones (excluding diaryl/α,β-unsaturated/α-hetero) is 1. The largest absolute Gasteiger partial charge is 0.385 e. The first-order valence-corrected chi connectivity index (χ1v) is 7.16. The summed E-state index contributed by atoms with van der Waals surface area (Å²) >= 11 is 1.01. The number of carbonyl (C=O) groups is 2. The highest BCUT2D eigenvalue weighted by Crippen LogP contribution is 2.37. The molecule has 0 aromatic heterocycles. The minimum Gasteiger partial charge on any atom is -0.385 e. The third-order valence-electron chi connectivity index (χ3n) is 2.75. The van der Waals surface area contributed by atoms with Crippen molar-refractivity contribution in [1.82, 2.24) is 5.01 Å². The molecule has 7 heteroatoms. The van der Waals surface area contributed by atoms with Gasteiger partial charge in [0.15, 0.2) is 0 Å². The van der Waals surface area contributed by atoms with Gasteiger partial charge in [0, 0.05) is 5.56 Å². The molecule has 6 nitrogen and oxygen atoms in total. The second-order valence-electron chi connectivity index (χ2n) is 4.54. The lowest BCUT2D eigenvalue weighted by atomic mass is 10.2. The van der Waals surface area contributed by atoms with Gasteiger partial charge in [-0.1, -0.05) is 42.1 Å². The van der Waals surface area contributed by atoms with E-state index in [2.05, 4.69) is 5.10 Å². The quantitative estimate of drug-likeness (QED) is 0.856. The molecule has 1 aromatic rings. The van der Waals surface area contributed by atoms with Crippen LogP contribution in [0.1, 0.15) is 19.4 Å². The molecule has 1 amide bonds. The van der Waals surface area contributed by atoms with Gasteiger partial charge in [0.2, 0.25) is 11.2 Å². The first-order valence-electron chi connectivity index (χ1n) is 6.35. The van der Waals surface area contributed by atoms with Gasteiger partial charge in [-0.3, -0.25) is 9.59 Å². The molecular formula is C14H15N2O4S. The number of aliphatic hydroxyl groups excluding tert-OH is 2. The van der Waals surface area contributed by atoms with Crippen LogP contribution in [-0.4, -0.2) is 44.2 Å². The van der Waals surface area contributed by atoms with Gasteiger partial charge in [-0.2, -0.15) is 5.10 Å². The predicted octanol–water partition coefficient (Wildman–Crippen LogP) is 0.744. The molecule has 1 aliphatic heterocycles. The molecule has 0 fully saturated rings. The monoisotopic (exact) mass is 307 g/mol. The standard InChI is InChI=1S/C14H15N2O4S/c1-8(17)11(19)14-16(13(20)9(2)18)15-12(21-14)10-6-4-3-5-7-10/h3-9,17-18H,1-2H3. The van der Waals surface area contributed by atoms with Gasteiger partial charge in [0.25, 0.3) is 5.91 Å². The van der Waals surface area contributed by atoms with E-state index in [0.29, 0.717) is 5.04 Å². The average molecular weight is 307 g/mol. The van der Waals surface area contributed by atoms with E-state index in [9.17, 15) is 19.8 Å². The van der Waals surface area contributed by atoms with E-state index in [4.69, 9.17) is 0 Å². The van der Waals surface area contributed by atoms with Crippen LogP contribution in [-0.2, 0) is 9.59 Å². The fourth-order valence-electron chi connectivity index (χ4n) is 1.65. The lowest BCUT2D eigenvalue weighted by Gasteiger charge is -2.20. The van der Waals surface area contributed by atoms with Gasteiger partial charge >= 0.3 is 0 Å². The van der Waals surface area contributed by atoms with Crippen LogP contribution in [0.4, 0.5) is 0 Å². The highest BCUT2D eigenvalue weighted by molar-refractivity contribution is 8.17. The second kappa shape index (κ2) is 6.38. The topological polar surface area (TPSA) is 90.2 Å². The SMILES string of the molecule is CC(O)C(=O)[C]1SC(c2ccccc2)=NN1C(=O)C(C)O. The minimum atomic E-state index is -1.29. The van der Waals surface area contributed by atoms with Crippen molar-refractivity contribution in [2.45, 2.75) is 26.1 Å². The Balaban J connectivity index is 2.33. The molecule has 111 valence electrons. The van der Waals surface area contributed by atoms with Gasteiger partial charge in [-0.05, 0) is 13.8 Å². The highest BCUT2D eigenvalue weighted by atomic mass is 32.2. The van der Waals surface area contributed by atoms with Crippen molar-refractivity contribution < 1.29 is 19.8 Å². The Morgan fingerprint density at radius 2 is 1.76 bits per heavy atom. The molecule has 0 aliphatic carbocycles. The Bertz CT molecular complexity index is 572. The van der Waals surface area contributed by atoms with E-state index in [-0.39, 0.29) is 5.37 Å². The van der Waals surface area contributed by atoms with Crippen LogP contribution in [0, 0.1) is 5.37 Å². The Morgan fingerprint density at radius 1 is 1.14 bits per heavy atom. The van der Waals surface area contributed by atoms with Gasteiger partial charge in [-0.25, -0.2) is 5.01 Å². The molecule has 2 unspecified atom stereocenters. The molecule has 1 radical (unpaired) electrons. The number of ketones is 1. The predicted molar refractivity (Wildman–Crippen MR) is 79.0 cm³/mol. The number of nitrogens with zero attached hydrogens (tertiary/aromatic N) is 2. The number of hydrogen-bond donors (Lipinski definition) is 2. The molecular weight excluding hydrogens is 292 g/mol. The summed E-state index contributed by atoms with van der Waals surface area (Å²) in [6, 6.07) is 9.06. The first-order chi connectivity index (χ1) is 9.91. The summed E-state index contributed by atoms with van der Waals surface area (Å²) in [4.78, 5) is 24.0. The summed E-state index contributed by atoms with van der Waals surface area (Å²) in [6.07, 6.45) is -2.54. The van der Waals surface area contributed by atoms with Gasteiger partial charge in [-0.15, -0.1) is 0 Å². The molecule has 1 aliphatic rings. The molecule has 0 spiro atoms. The summed E-state index contributed by atoms with van der Waals surface area (Å²) < 4.78 is 0. The van der Waals surface area contributed by atoms with Crippen LogP contribution >= 0.6 is 11.8 Å². The molecule has 1 aromatic carbocycles. The van der Waals surface area contributed by atoms with Crippen molar-refractivity contribution in [3.05, 3.63) is 41.3 Å². The number of thioether (sulfide) groups is 1. The number of carbonyl (C=O) groups excluding carboxylic acids is 2. The van der Waals surface area contributed by atoms with E-state index < -0.39 is 23.9 Å². The molecule has 1 heterocycles. The van der Waals surface area contributed by atoms with Crippen LogP contribution in [0.2, 0.25) is 0 Å². The zero-order valence-electron chi connectivity index (χ0n) is 11.6. The van der Waals surface area contributed by atoms with E-state index in [1.807, 2.05) is 18.2 Å². The van der Waals surface area contributed by atoms with E-state index in [0.717, 1.165) is 22.3 Å². The molecule has 0 bridgehead atoms. The third-order valence-corrected chi connectivity index (χ3v) is 3.83. The van der Waals surface area contributed by atoms with Crippen LogP contribution < -0.4 is 0 Å². The minimum absolute atomic E-state index is 0.00486. The Hall–Kier alpha value is -1.70. The van der Waals surface area contributed by atoms with Gasteiger partial charge in [0.1, 0.15) is 17.3 Å². The van der Waals surface area contributed by atoms with Crippen molar-refractivity contribution in [3.63, 3.8) is 0 Å². The van der Waals surface area contributed by atoms with Crippen molar-refractivity contribution in [1.29, 1.82) is 0 Å². The Labute approximate surface area is 126 Å². The normalized spacial score (nSPS) is 18.3. The maximum absolute atomic E-state index is 12.0. The van der Waals surface area contributed by atoms with E-state index >= 15 is 0 Å². The third kappa shape index (κ3) is 3.31. The lowest BCUT2D eigenvalue weighted by Crippen LogP contribution is -2.39. The Morgan fingerprint density at radius 3 is 2.29 bits per heavy atom. The van der Waals surface area contributed by atoms with Gasteiger partial charge < -0.3 is 10.2 Å². The number of rotatable bonds is 4. The summed E-state index contributed by atoms with van der Waals surface area (Å²) in [7, 11) is 0. The fourth-order valence-corrected chi connectivity index (χ4v) is 2.70. The van der Waals surface area contributed by atoms with Crippen LogP contribution in [0.25, 0.3) is 0 Å². The first kappa shape index (κ1) is 15.7. The van der Waals surface area contributed by atoms with Gasteiger partial charge in [0.05, 0.1) is 0 Å². The second-order valence-corrected chi connectivity index (χ2v) is 5.52. The Kier molecular flexibility index (Phi) is 4.76. The number of hydrazone groups is 1. The summed E-state index contributed by atoms with van der Waals surface area (Å²) in [5, 5.41) is 24.3. The lowest BCUT2D eigenvalue weighted by molar-refractivity contribution is -0.141. The number of amides is 1. The van der Waals surface area contributed by atoms with Crippen LogP contribution in [0.15, 0.2) is 35.4 Å². The number of benzene rings is 1. The molecule has 2 N–H and O–H groups in total. The maximum Gasteiger partial charge on any atom is 0.273 e.